The summed E-state index contributed by atoms with van der Waals surface area (Å²) in [6.07, 6.45) is 0. The van der Waals surface area contributed by atoms with Crippen molar-refractivity contribution in [2.45, 2.75) is 6.92 Å². The first-order valence-corrected chi connectivity index (χ1v) is 11.7. The van der Waals surface area contributed by atoms with Crippen LogP contribution in [0.1, 0.15) is 5.56 Å². The highest BCUT2D eigenvalue weighted by Gasteiger charge is 2.20. The van der Waals surface area contributed by atoms with E-state index in [1.54, 1.807) is 26.4 Å². The van der Waals surface area contributed by atoms with Gasteiger partial charge >= 0.3 is 0 Å². The lowest BCUT2D eigenvalue weighted by atomic mass is 10.0. The quantitative estimate of drug-likeness (QED) is 0.190. The Morgan fingerprint density at radius 3 is 1.97 bits per heavy atom. The predicted molar refractivity (Wildman–Crippen MR) is 145 cm³/mol. The van der Waals surface area contributed by atoms with Crippen molar-refractivity contribution in [2.24, 2.45) is 0 Å². The Labute approximate surface area is 214 Å². The number of aromatic amines is 1. The molecule has 1 heterocycles. The first-order valence-electron chi connectivity index (χ1n) is 11.7. The number of nitro benzene ring substituents is 1. The summed E-state index contributed by atoms with van der Waals surface area (Å²) in [5.41, 5.74) is 7.34. The molecule has 0 aliphatic rings. The number of ether oxygens (including phenoxy) is 2. The lowest BCUT2D eigenvalue weighted by Gasteiger charge is -2.13. The highest BCUT2D eigenvalue weighted by Crippen LogP contribution is 2.40. The molecule has 0 bridgehead atoms. The molecule has 0 aliphatic heterocycles. The number of methoxy groups -OCH3 is 2. The van der Waals surface area contributed by atoms with Gasteiger partial charge in [-0.05, 0) is 42.3 Å². The summed E-state index contributed by atoms with van der Waals surface area (Å²) in [6, 6.07) is 28.5. The molecule has 5 aromatic rings. The molecular weight excluding hydrogens is 466 g/mol. The van der Waals surface area contributed by atoms with Gasteiger partial charge < -0.3 is 14.5 Å². The van der Waals surface area contributed by atoms with E-state index in [-0.39, 0.29) is 5.69 Å². The van der Waals surface area contributed by atoms with Gasteiger partial charge in [-0.2, -0.15) is 0 Å². The zero-order chi connectivity index (χ0) is 25.9. The van der Waals surface area contributed by atoms with Crippen LogP contribution < -0.4 is 9.47 Å². The van der Waals surface area contributed by atoms with Gasteiger partial charge in [-0.15, -0.1) is 0 Å². The summed E-state index contributed by atoms with van der Waals surface area (Å²) >= 11 is 0. The normalized spacial score (nSPS) is 10.8. The van der Waals surface area contributed by atoms with Crippen LogP contribution in [0.3, 0.4) is 0 Å². The Kier molecular flexibility index (Phi) is 6.43. The Balaban J connectivity index is 1.59. The molecule has 1 aromatic heterocycles. The number of H-pyrrole nitrogens is 1. The van der Waals surface area contributed by atoms with Crippen LogP contribution in [0.25, 0.3) is 45.0 Å². The van der Waals surface area contributed by atoms with Gasteiger partial charge in [-0.3, -0.25) is 10.1 Å². The largest absolute Gasteiger partial charge is 0.496 e. The first kappa shape index (κ1) is 23.8. The lowest BCUT2D eigenvalue weighted by Crippen LogP contribution is -1.96. The third kappa shape index (κ3) is 4.54. The summed E-state index contributed by atoms with van der Waals surface area (Å²) < 4.78 is 11.2. The van der Waals surface area contributed by atoms with Gasteiger partial charge in [0.2, 0.25) is 0 Å². The van der Waals surface area contributed by atoms with Crippen molar-refractivity contribution in [2.75, 3.05) is 14.2 Å². The van der Waals surface area contributed by atoms with Gasteiger partial charge in [0.05, 0.1) is 36.1 Å². The van der Waals surface area contributed by atoms with Gasteiger partial charge in [-0.25, -0.2) is 4.98 Å². The molecule has 0 radical (unpaired) electrons. The second-order valence-electron chi connectivity index (χ2n) is 8.53. The third-order valence-electron chi connectivity index (χ3n) is 6.37. The third-order valence-corrected chi connectivity index (χ3v) is 6.37. The molecule has 0 amide bonds. The molecule has 0 saturated heterocycles. The number of benzene rings is 4. The van der Waals surface area contributed by atoms with Crippen LogP contribution in [0.2, 0.25) is 0 Å². The Morgan fingerprint density at radius 1 is 0.757 bits per heavy atom. The van der Waals surface area contributed by atoms with E-state index in [1.165, 1.54) is 12.1 Å². The zero-order valence-corrected chi connectivity index (χ0v) is 20.7. The highest BCUT2D eigenvalue weighted by molar-refractivity contribution is 5.83. The van der Waals surface area contributed by atoms with Crippen LogP contribution >= 0.6 is 0 Å². The summed E-state index contributed by atoms with van der Waals surface area (Å²) in [5.74, 6) is 2.14. The minimum absolute atomic E-state index is 0.0714. The maximum atomic E-state index is 11.0. The van der Waals surface area contributed by atoms with E-state index >= 15 is 0 Å². The number of nitrogens with one attached hydrogen (secondary N) is 1. The summed E-state index contributed by atoms with van der Waals surface area (Å²) in [6.45, 7) is 1.96. The second kappa shape index (κ2) is 9.99. The number of non-ortho nitro benzene ring substituents is 1. The molecule has 0 aliphatic carbocycles. The minimum atomic E-state index is -0.396. The molecule has 0 fully saturated rings. The molecule has 0 atom stereocenters. The van der Waals surface area contributed by atoms with Gasteiger partial charge in [0.1, 0.15) is 17.3 Å². The fraction of sp³-hybridized carbons (Fsp3) is 0.100. The number of rotatable bonds is 7. The zero-order valence-electron chi connectivity index (χ0n) is 20.7. The molecule has 4 aromatic carbocycles. The maximum Gasteiger partial charge on any atom is 0.269 e. The molecule has 0 spiro atoms. The lowest BCUT2D eigenvalue weighted by molar-refractivity contribution is -0.384. The highest BCUT2D eigenvalue weighted by atomic mass is 16.6. The van der Waals surface area contributed by atoms with Crippen molar-refractivity contribution in [1.29, 1.82) is 0 Å². The Bertz CT molecular complexity index is 1560. The molecule has 0 saturated carbocycles. The summed E-state index contributed by atoms with van der Waals surface area (Å²) in [7, 11) is 3.28. The van der Waals surface area contributed by atoms with E-state index in [9.17, 15) is 10.1 Å². The number of hydrogen-bond acceptors (Lipinski definition) is 5. The number of nitrogens with zero attached hydrogens (tertiary/aromatic N) is 2. The number of nitro groups is 1. The van der Waals surface area contributed by atoms with E-state index in [1.807, 2.05) is 73.7 Å². The maximum absolute atomic E-state index is 11.0. The fourth-order valence-corrected chi connectivity index (χ4v) is 4.46. The van der Waals surface area contributed by atoms with E-state index in [2.05, 4.69) is 4.98 Å². The van der Waals surface area contributed by atoms with Gasteiger partial charge in [0.15, 0.2) is 0 Å². The first-order chi connectivity index (χ1) is 18.0. The second-order valence-corrected chi connectivity index (χ2v) is 8.53. The molecule has 37 heavy (non-hydrogen) atoms. The fourth-order valence-electron chi connectivity index (χ4n) is 4.46. The topological polar surface area (TPSA) is 90.3 Å². The molecule has 7 nitrogen and oxygen atoms in total. The molecule has 7 heteroatoms. The van der Waals surface area contributed by atoms with Crippen LogP contribution in [-0.2, 0) is 0 Å². The van der Waals surface area contributed by atoms with Crippen molar-refractivity contribution in [3.05, 3.63) is 107 Å². The Hall–Kier alpha value is -4.91. The van der Waals surface area contributed by atoms with E-state index < -0.39 is 4.92 Å². The van der Waals surface area contributed by atoms with Crippen molar-refractivity contribution in [3.8, 4) is 56.5 Å². The predicted octanol–water partition coefficient (Wildman–Crippen LogP) is 7.31. The standard InChI is InChI=1S/C30H25N3O4/c1-19-26(36-2)18-17-25(29(19)37-3)30-31-27(22-7-5-4-6-8-22)28(32-30)23-11-9-20(10-12-23)21-13-15-24(16-14-21)33(34)35/h4-18H,1-3H3,(H,31,32). The van der Waals surface area contributed by atoms with Crippen molar-refractivity contribution < 1.29 is 14.4 Å². The van der Waals surface area contributed by atoms with Crippen LogP contribution in [0.4, 0.5) is 5.69 Å². The molecular formula is C30H25N3O4. The molecule has 1 N–H and O–H groups in total. The van der Waals surface area contributed by atoms with Crippen molar-refractivity contribution in [1.82, 2.24) is 9.97 Å². The monoisotopic (exact) mass is 491 g/mol. The summed E-state index contributed by atoms with van der Waals surface area (Å²) in [4.78, 5) is 19.1. The van der Waals surface area contributed by atoms with Gasteiger partial charge in [0.25, 0.3) is 5.69 Å². The van der Waals surface area contributed by atoms with Crippen LogP contribution in [0.15, 0.2) is 91.0 Å². The molecule has 184 valence electrons. The van der Waals surface area contributed by atoms with E-state index in [0.717, 1.165) is 50.5 Å². The van der Waals surface area contributed by atoms with Crippen LogP contribution in [0.5, 0.6) is 11.5 Å². The van der Waals surface area contributed by atoms with Crippen LogP contribution in [0, 0.1) is 17.0 Å². The smallest absolute Gasteiger partial charge is 0.269 e. The minimum Gasteiger partial charge on any atom is -0.496 e. The Morgan fingerprint density at radius 2 is 1.38 bits per heavy atom. The number of hydrogen-bond donors (Lipinski definition) is 1. The SMILES string of the molecule is COc1ccc(-c2nc(-c3ccccc3)c(-c3ccc(-c4ccc([N+](=O)[O-])cc4)cc3)[nH]2)c(OC)c1C. The van der Waals surface area contributed by atoms with Gasteiger partial charge in [0, 0.05) is 28.8 Å². The average molecular weight is 492 g/mol. The van der Waals surface area contributed by atoms with Crippen molar-refractivity contribution >= 4 is 5.69 Å². The number of imidazole rings is 1. The molecule has 5 rings (SSSR count). The van der Waals surface area contributed by atoms with Crippen molar-refractivity contribution in [3.63, 3.8) is 0 Å². The van der Waals surface area contributed by atoms with Crippen LogP contribution in [-0.4, -0.2) is 29.1 Å². The van der Waals surface area contributed by atoms with Gasteiger partial charge in [-0.1, -0.05) is 54.6 Å². The van der Waals surface area contributed by atoms with E-state index in [4.69, 9.17) is 14.5 Å². The molecule has 0 unspecified atom stereocenters. The average Bonchev–Trinajstić information content (AvgIpc) is 3.39. The van der Waals surface area contributed by atoms with E-state index in [0.29, 0.717) is 11.6 Å². The number of aromatic nitrogens is 2. The summed E-state index contributed by atoms with van der Waals surface area (Å²) in [5, 5.41) is 11.0.